The monoisotopic (exact) mass is 317 g/mol. The molecular weight excluding hydrogens is 290 g/mol. The highest BCUT2D eigenvalue weighted by Gasteiger charge is 2.32. The Morgan fingerprint density at radius 2 is 2.00 bits per heavy atom. The van der Waals surface area contributed by atoms with Crippen molar-refractivity contribution in [2.45, 2.75) is 57.3 Å². The van der Waals surface area contributed by atoms with Gasteiger partial charge >= 0.3 is 5.97 Å². The summed E-state index contributed by atoms with van der Waals surface area (Å²) in [5.74, 6) is 1.89. The van der Waals surface area contributed by atoms with Crippen molar-refractivity contribution in [1.82, 2.24) is 4.98 Å². The Kier molecular flexibility index (Phi) is 5.52. The molecule has 2 unspecified atom stereocenters. The summed E-state index contributed by atoms with van der Waals surface area (Å²) in [4.78, 5) is 16.2. The lowest BCUT2D eigenvalue weighted by Gasteiger charge is -2.21. The van der Waals surface area contributed by atoms with E-state index in [1.54, 1.807) is 0 Å². The summed E-state index contributed by atoms with van der Waals surface area (Å²) in [7, 11) is 1.46. The molecule has 0 aliphatic heterocycles. The van der Waals surface area contributed by atoms with E-state index in [9.17, 15) is 4.79 Å². The summed E-state index contributed by atoms with van der Waals surface area (Å²) in [5.41, 5.74) is 1.07. The molecule has 4 nitrogen and oxygen atoms in total. The molecule has 1 heterocycles. The van der Waals surface area contributed by atoms with E-state index in [0.29, 0.717) is 11.8 Å². The van der Waals surface area contributed by atoms with Crippen molar-refractivity contribution in [2.24, 2.45) is 11.8 Å². The standard InChI is InChI=1S/C19H27NO3/c1-22-19(21)16-8-7-15(11-16)18-10-9-17(12-20-18)23-13-14-5-3-2-4-6-14/h9-10,12,14-16H,2-8,11,13H2,1H3. The summed E-state index contributed by atoms with van der Waals surface area (Å²) in [5, 5.41) is 0. The molecule has 23 heavy (non-hydrogen) atoms. The molecule has 2 fully saturated rings. The topological polar surface area (TPSA) is 48.4 Å². The summed E-state index contributed by atoms with van der Waals surface area (Å²) >= 11 is 0. The lowest BCUT2D eigenvalue weighted by Crippen LogP contribution is -2.15. The van der Waals surface area contributed by atoms with Crippen LogP contribution in [0.5, 0.6) is 5.75 Å². The van der Waals surface area contributed by atoms with Crippen LogP contribution in [0.3, 0.4) is 0 Å². The molecule has 4 heteroatoms. The van der Waals surface area contributed by atoms with Gasteiger partial charge in [0.25, 0.3) is 0 Å². The predicted octanol–water partition coefficient (Wildman–Crippen LogP) is 4.10. The normalized spacial score (nSPS) is 25.3. The fraction of sp³-hybridized carbons (Fsp3) is 0.684. The van der Waals surface area contributed by atoms with Crippen molar-refractivity contribution >= 4 is 5.97 Å². The number of aromatic nitrogens is 1. The molecule has 2 aliphatic carbocycles. The van der Waals surface area contributed by atoms with Crippen LogP contribution >= 0.6 is 0 Å². The number of carbonyl (C=O) groups excluding carboxylic acids is 1. The minimum atomic E-state index is -0.0834. The molecule has 0 radical (unpaired) electrons. The molecule has 0 spiro atoms. The van der Waals surface area contributed by atoms with E-state index in [4.69, 9.17) is 9.47 Å². The number of pyridine rings is 1. The highest BCUT2D eigenvalue weighted by Crippen LogP contribution is 2.38. The average Bonchev–Trinajstić information content (AvgIpc) is 3.11. The first kappa shape index (κ1) is 16.3. The number of rotatable bonds is 5. The molecule has 2 atom stereocenters. The largest absolute Gasteiger partial charge is 0.492 e. The van der Waals surface area contributed by atoms with Gasteiger partial charge in [0.1, 0.15) is 5.75 Å². The van der Waals surface area contributed by atoms with Gasteiger partial charge in [-0.25, -0.2) is 0 Å². The molecule has 0 aromatic carbocycles. The smallest absolute Gasteiger partial charge is 0.308 e. The average molecular weight is 317 g/mol. The van der Waals surface area contributed by atoms with E-state index in [2.05, 4.69) is 11.1 Å². The van der Waals surface area contributed by atoms with Crippen LogP contribution in [0.4, 0.5) is 0 Å². The van der Waals surface area contributed by atoms with Crippen molar-refractivity contribution < 1.29 is 14.3 Å². The van der Waals surface area contributed by atoms with Gasteiger partial charge < -0.3 is 9.47 Å². The number of carbonyl (C=O) groups is 1. The van der Waals surface area contributed by atoms with Gasteiger partial charge in [0.15, 0.2) is 0 Å². The van der Waals surface area contributed by atoms with Crippen LogP contribution in [0.15, 0.2) is 18.3 Å². The molecule has 0 bridgehead atoms. The molecule has 2 aliphatic rings. The van der Waals surface area contributed by atoms with Gasteiger partial charge in [0.05, 0.1) is 25.8 Å². The Balaban J connectivity index is 1.50. The molecule has 1 aromatic heterocycles. The zero-order valence-electron chi connectivity index (χ0n) is 14.0. The number of hydrogen-bond acceptors (Lipinski definition) is 4. The molecule has 0 amide bonds. The minimum absolute atomic E-state index is 0.0361. The molecule has 0 saturated heterocycles. The third-order valence-electron chi connectivity index (χ3n) is 5.36. The summed E-state index contributed by atoms with van der Waals surface area (Å²) in [6.45, 7) is 0.814. The van der Waals surface area contributed by atoms with Gasteiger partial charge in [0.2, 0.25) is 0 Å². The van der Waals surface area contributed by atoms with Crippen LogP contribution in [-0.4, -0.2) is 24.7 Å². The Labute approximate surface area is 138 Å². The number of esters is 1. The lowest BCUT2D eigenvalue weighted by molar-refractivity contribution is -0.145. The van der Waals surface area contributed by atoms with Gasteiger partial charge in [-0.05, 0) is 50.2 Å². The van der Waals surface area contributed by atoms with E-state index < -0.39 is 0 Å². The minimum Gasteiger partial charge on any atom is -0.492 e. The molecule has 3 rings (SSSR count). The number of ether oxygens (including phenoxy) is 2. The fourth-order valence-electron chi connectivity index (χ4n) is 3.92. The van der Waals surface area contributed by atoms with Crippen molar-refractivity contribution in [3.8, 4) is 5.75 Å². The van der Waals surface area contributed by atoms with Gasteiger partial charge in [0, 0.05) is 11.6 Å². The highest BCUT2D eigenvalue weighted by atomic mass is 16.5. The zero-order chi connectivity index (χ0) is 16.1. The summed E-state index contributed by atoms with van der Waals surface area (Å²) in [6.07, 6.45) is 11.2. The van der Waals surface area contributed by atoms with E-state index in [-0.39, 0.29) is 11.9 Å². The molecule has 0 N–H and O–H groups in total. The third kappa shape index (κ3) is 4.24. The summed E-state index contributed by atoms with van der Waals surface area (Å²) < 4.78 is 10.8. The first-order valence-corrected chi connectivity index (χ1v) is 8.93. The molecule has 2 saturated carbocycles. The van der Waals surface area contributed by atoms with Crippen LogP contribution < -0.4 is 4.74 Å². The maximum Gasteiger partial charge on any atom is 0.308 e. The Morgan fingerprint density at radius 1 is 1.17 bits per heavy atom. The van der Waals surface area contributed by atoms with E-state index >= 15 is 0 Å². The van der Waals surface area contributed by atoms with Crippen LogP contribution in [0.1, 0.15) is 63.0 Å². The molecule has 1 aromatic rings. The van der Waals surface area contributed by atoms with E-state index in [1.165, 1.54) is 39.2 Å². The quantitative estimate of drug-likeness (QED) is 0.767. The second kappa shape index (κ2) is 7.80. The fourth-order valence-corrected chi connectivity index (χ4v) is 3.92. The third-order valence-corrected chi connectivity index (χ3v) is 5.36. The van der Waals surface area contributed by atoms with Gasteiger partial charge in [-0.2, -0.15) is 0 Å². The van der Waals surface area contributed by atoms with Crippen LogP contribution in [-0.2, 0) is 9.53 Å². The van der Waals surface area contributed by atoms with Gasteiger partial charge in [-0.3, -0.25) is 9.78 Å². The number of hydrogen-bond donors (Lipinski definition) is 0. The Bertz CT molecular complexity index is 508. The van der Waals surface area contributed by atoms with Crippen LogP contribution in [0, 0.1) is 11.8 Å². The molecule has 126 valence electrons. The maximum absolute atomic E-state index is 11.6. The van der Waals surface area contributed by atoms with Crippen LogP contribution in [0.25, 0.3) is 0 Å². The Hall–Kier alpha value is -1.58. The van der Waals surface area contributed by atoms with Crippen molar-refractivity contribution in [1.29, 1.82) is 0 Å². The van der Waals surface area contributed by atoms with Crippen LogP contribution in [0.2, 0.25) is 0 Å². The number of nitrogens with zero attached hydrogens (tertiary/aromatic N) is 1. The predicted molar refractivity (Wildman–Crippen MR) is 88.4 cm³/mol. The first-order chi connectivity index (χ1) is 11.3. The van der Waals surface area contributed by atoms with Crippen molar-refractivity contribution in [3.63, 3.8) is 0 Å². The molecular formula is C19H27NO3. The zero-order valence-corrected chi connectivity index (χ0v) is 14.0. The second-order valence-corrected chi connectivity index (χ2v) is 6.96. The van der Waals surface area contributed by atoms with Crippen molar-refractivity contribution in [2.75, 3.05) is 13.7 Å². The van der Waals surface area contributed by atoms with Gasteiger partial charge in [-0.1, -0.05) is 19.3 Å². The van der Waals surface area contributed by atoms with E-state index in [1.807, 2.05) is 12.3 Å². The van der Waals surface area contributed by atoms with Gasteiger partial charge in [-0.15, -0.1) is 0 Å². The second-order valence-electron chi connectivity index (χ2n) is 6.96. The van der Waals surface area contributed by atoms with Crippen molar-refractivity contribution in [3.05, 3.63) is 24.0 Å². The Morgan fingerprint density at radius 3 is 2.70 bits per heavy atom. The lowest BCUT2D eigenvalue weighted by atomic mass is 9.90. The maximum atomic E-state index is 11.6. The van der Waals surface area contributed by atoms with E-state index in [0.717, 1.165) is 37.3 Å². The number of methoxy groups -OCH3 is 1. The highest BCUT2D eigenvalue weighted by molar-refractivity contribution is 5.72. The summed E-state index contributed by atoms with van der Waals surface area (Å²) in [6, 6.07) is 4.08. The SMILES string of the molecule is COC(=O)C1CCC(c2ccc(OCC3CCCCC3)cn2)C1. The first-order valence-electron chi connectivity index (χ1n) is 8.93.